The van der Waals surface area contributed by atoms with E-state index in [1.54, 1.807) is 25.4 Å². The topological polar surface area (TPSA) is 84.4 Å². The van der Waals surface area contributed by atoms with Crippen LogP contribution in [0.1, 0.15) is 5.82 Å². The van der Waals surface area contributed by atoms with Gasteiger partial charge in [0.1, 0.15) is 16.5 Å². The van der Waals surface area contributed by atoms with Crippen molar-refractivity contribution in [3.8, 4) is 0 Å². The number of hydrogen-bond acceptors (Lipinski definition) is 7. The Morgan fingerprint density at radius 1 is 1.39 bits per heavy atom. The lowest BCUT2D eigenvalue weighted by Gasteiger charge is -2.21. The second-order valence-corrected chi connectivity index (χ2v) is 8.99. The van der Waals surface area contributed by atoms with E-state index in [2.05, 4.69) is 15.3 Å². The Labute approximate surface area is 139 Å². The van der Waals surface area contributed by atoms with Crippen molar-refractivity contribution >= 4 is 37.4 Å². The fourth-order valence-corrected chi connectivity index (χ4v) is 4.57. The first-order chi connectivity index (χ1) is 10.9. The number of sulfonamides is 1. The second kappa shape index (κ2) is 6.31. The molecule has 2 aromatic heterocycles. The third kappa shape index (κ3) is 3.47. The Balaban J connectivity index is 1.82. The van der Waals surface area contributed by atoms with Crippen LogP contribution in [0.5, 0.6) is 0 Å². The number of fused-ring (bicyclic) bond motifs is 1. The van der Waals surface area contributed by atoms with Crippen LogP contribution in [-0.2, 0) is 14.8 Å². The van der Waals surface area contributed by atoms with Gasteiger partial charge in [0.05, 0.1) is 30.4 Å². The Morgan fingerprint density at radius 3 is 2.91 bits per heavy atom. The molecule has 0 amide bonds. The summed E-state index contributed by atoms with van der Waals surface area (Å²) < 4.78 is 31.0. The summed E-state index contributed by atoms with van der Waals surface area (Å²) in [5, 5.41) is 6.31. The molecule has 1 aliphatic rings. The Kier molecular flexibility index (Phi) is 4.54. The first-order valence-corrected chi connectivity index (χ1v) is 9.82. The molecule has 126 valence electrons. The maximum atomic E-state index is 12.1. The normalized spacial score (nSPS) is 22.1. The molecule has 7 nitrogen and oxygen atoms in total. The van der Waals surface area contributed by atoms with Gasteiger partial charge in [-0.3, -0.25) is 0 Å². The molecule has 3 rings (SSSR count). The third-order valence-corrected chi connectivity index (χ3v) is 6.71. The van der Waals surface area contributed by atoms with Crippen LogP contribution in [0.2, 0.25) is 0 Å². The molecule has 0 unspecified atom stereocenters. The van der Waals surface area contributed by atoms with Gasteiger partial charge in [-0.05, 0) is 18.4 Å². The third-order valence-electron chi connectivity index (χ3n) is 3.94. The van der Waals surface area contributed by atoms with Crippen LogP contribution in [-0.4, -0.2) is 61.8 Å². The summed E-state index contributed by atoms with van der Waals surface area (Å²) in [5.74, 6) is 1.40. The minimum Gasteiger partial charge on any atom is -0.379 e. The molecule has 1 aliphatic heterocycles. The number of nitrogens with zero attached hydrogens (tertiary/aromatic N) is 3. The molecule has 0 saturated carbocycles. The average Bonchev–Trinajstić information content (AvgIpc) is 3.08. The highest BCUT2D eigenvalue weighted by Gasteiger charge is 2.33. The van der Waals surface area contributed by atoms with Gasteiger partial charge in [-0.2, -0.15) is 0 Å². The molecule has 2 aromatic rings. The minimum atomic E-state index is -3.26. The largest absolute Gasteiger partial charge is 0.379 e. The SMILES string of the molecule is Cc1nc(N[C@@H]2COC[C@H]2CS(=O)(=O)N(C)C)c2ccsc2n1. The molecule has 1 saturated heterocycles. The molecule has 2 atom stereocenters. The molecule has 0 bridgehead atoms. The summed E-state index contributed by atoms with van der Waals surface area (Å²) in [7, 11) is -0.160. The van der Waals surface area contributed by atoms with Crippen molar-refractivity contribution in [2.75, 3.05) is 38.4 Å². The van der Waals surface area contributed by atoms with Crippen molar-refractivity contribution in [2.45, 2.75) is 13.0 Å². The van der Waals surface area contributed by atoms with Crippen LogP contribution >= 0.6 is 11.3 Å². The molecular weight excluding hydrogens is 336 g/mol. The number of hydrogen-bond donors (Lipinski definition) is 1. The predicted octanol–water partition coefficient (Wildman–Crippen LogP) is 1.32. The standard InChI is InChI=1S/C14H20N4O3S2/c1-9-15-13(11-4-5-22-14(11)16-9)17-12-7-21-6-10(12)8-23(19,20)18(2)3/h4-5,10,12H,6-8H2,1-3H3,(H,15,16,17)/t10-,12+/m0/s1. The summed E-state index contributed by atoms with van der Waals surface area (Å²) in [6.07, 6.45) is 0. The molecule has 0 radical (unpaired) electrons. The maximum absolute atomic E-state index is 12.1. The number of nitrogens with one attached hydrogen (secondary N) is 1. The van der Waals surface area contributed by atoms with E-state index in [0.717, 1.165) is 16.0 Å². The first-order valence-electron chi connectivity index (χ1n) is 7.33. The number of rotatable bonds is 5. The monoisotopic (exact) mass is 356 g/mol. The van der Waals surface area contributed by atoms with Crippen molar-refractivity contribution in [2.24, 2.45) is 5.92 Å². The summed E-state index contributed by atoms with van der Waals surface area (Å²) >= 11 is 1.56. The van der Waals surface area contributed by atoms with Crippen LogP contribution in [0.25, 0.3) is 10.2 Å². The number of thiophene rings is 1. The van der Waals surface area contributed by atoms with Crippen LogP contribution in [0.4, 0.5) is 5.82 Å². The van der Waals surface area contributed by atoms with Crippen LogP contribution in [0.3, 0.4) is 0 Å². The van der Waals surface area contributed by atoms with E-state index in [1.807, 2.05) is 18.4 Å². The first kappa shape index (κ1) is 16.6. The molecular formula is C14H20N4O3S2. The number of anilines is 1. The van der Waals surface area contributed by atoms with E-state index in [9.17, 15) is 8.42 Å². The molecule has 1 N–H and O–H groups in total. The van der Waals surface area contributed by atoms with Gasteiger partial charge >= 0.3 is 0 Å². The summed E-state index contributed by atoms with van der Waals surface area (Å²) in [6.45, 7) is 2.76. The van der Waals surface area contributed by atoms with E-state index in [-0.39, 0.29) is 17.7 Å². The molecule has 23 heavy (non-hydrogen) atoms. The van der Waals surface area contributed by atoms with Gasteiger partial charge in [0.15, 0.2) is 0 Å². The molecule has 0 spiro atoms. The number of aryl methyl sites for hydroxylation is 1. The predicted molar refractivity (Wildman–Crippen MR) is 91.3 cm³/mol. The van der Waals surface area contributed by atoms with E-state index in [0.29, 0.717) is 19.0 Å². The molecule has 0 aromatic carbocycles. The quantitative estimate of drug-likeness (QED) is 0.870. The van der Waals surface area contributed by atoms with Gasteiger partial charge in [-0.1, -0.05) is 0 Å². The van der Waals surface area contributed by atoms with Gasteiger partial charge in [0.2, 0.25) is 10.0 Å². The van der Waals surface area contributed by atoms with Gasteiger partial charge in [-0.25, -0.2) is 22.7 Å². The Morgan fingerprint density at radius 2 is 2.17 bits per heavy atom. The zero-order valence-corrected chi connectivity index (χ0v) is 14.9. The van der Waals surface area contributed by atoms with Crippen LogP contribution < -0.4 is 5.32 Å². The summed E-state index contributed by atoms with van der Waals surface area (Å²) in [4.78, 5) is 9.81. The fraction of sp³-hybridized carbons (Fsp3) is 0.571. The number of aromatic nitrogens is 2. The number of ether oxygens (including phenoxy) is 1. The highest BCUT2D eigenvalue weighted by molar-refractivity contribution is 7.89. The second-order valence-electron chi connectivity index (χ2n) is 5.87. The zero-order chi connectivity index (χ0) is 16.6. The van der Waals surface area contributed by atoms with Crippen molar-refractivity contribution in [1.82, 2.24) is 14.3 Å². The molecule has 1 fully saturated rings. The lowest BCUT2D eigenvalue weighted by atomic mass is 10.1. The smallest absolute Gasteiger partial charge is 0.214 e. The lowest BCUT2D eigenvalue weighted by Crippen LogP contribution is -2.37. The maximum Gasteiger partial charge on any atom is 0.214 e. The lowest BCUT2D eigenvalue weighted by molar-refractivity contribution is 0.187. The average molecular weight is 356 g/mol. The van der Waals surface area contributed by atoms with Crippen LogP contribution in [0, 0.1) is 12.8 Å². The highest BCUT2D eigenvalue weighted by Crippen LogP contribution is 2.28. The van der Waals surface area contributed by atoms with E-state index in [1.165, 1.54) is 4.31 Å². The highest BCUT2D eigenvalue weighted by atomic mass is 32.2. The molecule has 9 heteroatoms. The van der Waals surface area contributed by atoms with Crippen molar-refractivity contribution in [1.29, 1.82) is 0 Å². The summed E-state index contributed by atoms with van der Waals surface area (Å²) in [5.41, 5.74) is 0. The Hall–Kier alpha value is -1.29. The fourth-order valence-electron chi connectivity index (χ4n) is 2.59. The van der Waals surface area contributed by atoms with Gasteiger partial charge < -0.3 is 10.1 Å². The van der Waals surface area contributed by atoms with Crippen molar-refractivity contribution in [3.05, 3.63) is 17.3 Å². The molecule has 0 aliphatic carbocycles. The minimum absolute atomic E-state index is 0.0640. The van der Waals surface area contributed by atoms with E-state index < -0.39 is 10.0 Å². The summed E-state index contributed by atoms with van der Waals surface area (Å²) in [6, 6.07) is 1.89. The zero-order valence-electron chi connectivity index (χ0n) is 13.3. The van der Waals surface area contributed by atoms with Crippen LogP contribution in [0.15, 0.2) is 11.4 Å². The van der Waals surface area contributed by atoms with Gasteiger partial charge in [0.25, 0.3) is 0 Å². The van der Waals surface area contributed by atoms with E-state index in [4.69, 9.17) is 4.74 Å². The molecule has 3 heterocycles. The van der Waals surface area contributed by atoms with Gasteiger partial charge in [0, 0.05) is 20.0 Å². The van der Waals surface area contributed by atoms with Gasteiger partial charge in [-0.15, -0.1) is 11.3 Å². The van der Waals surface area contributed by atoms with Crippen molar-refractivity contribution in [3.63, 3.8) is 0 Å². The van der Waals surface area contributed by atoms with Crippen molar-refractivity contribution < 1.29 is 13.2 Å². The van der Waals surface area contributed by atoms with E-state index >= 15 is 0 Å². The Bertz CT molecular complexity index is 803.